The number of carbonyl (C=O) groups is 2. The maximum absolute atomic E-state index is 11.9. The molecule has 1 unspecified atom stereocenters. The minimum Gasteiger partial charge on any atom is -0.463 e. The van der Waals surface area contributed by atoms with Gasteiger partial charge in [-0.2, -0.15) is 0 Å². The van der Waals surface area contributed by atoms with Gasteiger partial charge in [0.15, 0.2) is 0 Å². The highest BCUT2D eigenvalue weighted by atomic mass is 16.6. The van der Waals surface area contributed by atoms with Gasteiger partial charge in [0.1, 0.15) is 5.60 Å². The Morgan fingerprint density at radius 3 is 1.31 bits per heavy atom. The van der Waals surface area contributed by atoms with Gasteiger partial charge in [-0.05, 0) is 53.4 Å². The second kappa shape index (κ2) is 23.3. The van der Waals surface area contributed by atoms with Crippen LogP contribution in [0.3, 0.4) is 0 Å². The molecule has 208 valence electrons. The number of hydrogen-bond acceptors (Lipinski definition) is 4. The molecular formula is C31H60O4. The maximum Gasteiger partial charge on any atom is 0.306 e. The molecular weight excluding hydrogens is 436 g/mol. The predicted octanol–water partition coefficient (Wildman–Crippen LogP) is 9.86. The third-order valence-corrected chi connectivity index (χ3v) is 6.48. The normalized spacial score (nSPS) is 12.5. The van der Waals surface area contributed by atoms with Crippen molar-refractivity contribution in [2.45, 2.75) is 188 Å². The zero-order chi connectivity index (χ0) is 26.2. The monoisotopic (exact) mass is 496 g/mol. The van der Waals surface area contributed by atoms with Gasteiger partial charge in [0.2, 0.25) is 0 Å². The Morgan fingerprint density at radius 1 is 0.571 bits per heavy atom. The molecule has 0 saturated carbocycles. The average Bonchev–Trinajstić information content (AvgIpc) is 2.77. The van der Waals surface area contributed by atoms with Gasteiger partial charge in [-0.1, -0.05) is 110 Å². The van der Waals surface area contributed by atoms with Crippen LogP contribution >= 0.6 is 0 Å². The van der Waals surface area contributed by atoms with E-state index in [0.29, 0.717) is 12.8 Å². The molecule has 0 amide bonds. The summed E-state index contributed by atoms with van der Waals surface area (Å²) >= 11 is 0. The van der Waals surface area contributed by atoms with Crippen LogP contribution in [0.5, 0.6) is 0 Å². The van der Waals surface area contributed by atoms with E-state index in [1.807, 2.05) is 27.7 Å². The van der Waals surface area contributed by atoms with Crippen LogP contribution in [0.1, 0.15) is 176 Å². The molecule has 35 heavy (non-hydrogen) atoms. The van der Waals surface area contributed by atoms with Crippen molar-refractivity contribution in [1.29, 1.82) is 0 Å². The quantitative estimate of drug-likeness (QED) is 0.0985. The lowest BCUT2D eigenvalue weighted by Crippen LogP contribution is -2.23. The van der Waals surface area contributed by atoms with E-state index in [2.05, 4.69) is 6.92 Å². The molecule has 0 rings (SSSR count). The number of unbranched alkanes of at least 4 members (excludes halogenated alkanes) is 17. The van der Waals surface area contributed by atoms with E-state index in [0.717, 1.165) is 38.5 Å². The van der Waals surface area contributed by atoms with Crippen LogP contribution in [0.25, 0.3) is 0 Å². The van der Waals surface area contributed by atoms with Crippen molar-refractivity contribution in [2.24, 2.45) is 0 Å². The number of rotatable bonds is 24. The summed E-state index contributed by atoms with van der Waals surface area (Å²) in [6.45, 7) is 9.99. The fourth-order valence-electron chi connectivity index (χ4n) is 4.43. The first-order valence-electron chi connectivity index (χ1n) is 15.2. The van der Waals surface area contributed by atoms with Gasteiger partial charge >= 0.3 is 11.9 Å². The minimum atomic E-state index is -0.360. The topological polar surface area (TPSA) is 52.6 Å². The van der Waals surface area contributed by atoms with Crippen molar-refractivity contribution in [2.75, 3.05) is 0 Å². The fourth-order valence-corrected chi connectivity index (χ4v) is 4.43. The van der Waals surface area contributed by atoms with Crippen molar-refractivity contribution in [3.63, 3.8) is 0 Å². The third-order valence-electron chi connectivity index (χ3n) is 6.48. The van der Waals surface area contributed by atoms with Gasteiger partial charge in [-0.3, -0.25) is 9.59 Å². The molecule has 4 heteroatoms. The number of esters is 2. The molecule has 4 nitrogen and oxygen atoms in total. The first-order chi connectivity index (χ1) is 16.7. The van der Waals surface area contributed by atoms with Crippen molar-refractivity contribution < 1.29 is 19.1 Å². The number of hydrogen-bond donors (Lipinski definition) is 0. The van der Waals surface area contributed by atoms with Crippen LogP contribution in [0, 0.1) is 0 Å². The fraction of sp³-hybridized carbons (Fsp3) is 0.935. The first-order valence-corrected chi connectivity index (χ1v) is 15.2. The zero-order valence-corrected chi connectivity index (χ0v) is 24.3. The van der Waals surface area contributed by atoms with Crippen LogP contribution in [0.2, 0.25) is 0 Å². The molecule has 0 aliphatic carbocycles. The summed E-state index contributed by atoms with van der Waals surface area (Å²) in [4.78, 5) is 23.5. The van der Waals surface area contributed by atoms with Gasteiger partial charge in [0.05, 0.1) is 6.10 Å². The highest BCUT2D eigenvalue weighted by Gasteiger charge is 2.15. The van der Waals surface area contributed by atoms with E-state index < -0.39 is 0 Å². The zero-order valence-electron chi connectivity index (χ0n) is 24.3. The first kappa shape index (κ1) is 33.9. The molecule has 0 heterocycles. The molecule has 0 aromatic carbocycles. The summed E-state index contributed by atoms with van der Waals surface area (Å²) in [5, 5.41) is 0. The minimum absolute atomic E-state index is 0.00723. The summed E-state index contributed by atoms with van der Waals surface area (Å²) in [5.41, 5.74) is -0.360. The van der Waals surface area contributed by atoms with Gasteiger partial charge in [0, 0.05) is 12.8 Å². The molecule has 0 N–H and O–H groups in total. The smallest absolute Gasteiger partial charge is 0.306 e. The lowest BCUT2D eigenvalue weighted by Gasteiger charge is -2.19. The molecule has 0 aliphatic heterocycles. The van der Waals surface area contributed by atoms with Gasteiger partial charge in [0.25, 0.3) is 0 Å². The summed E-state index contributed by atoms with van der Waals surface area (Å²) in [6.07, 6.45) is 26.0. The molecule has 0 bridgehead atoms. The number of ether oxygens (including phenoxy) is 2. The van der Waals surface area contributed by atoms with E-state index >= 15 is 0 Å². The van der Waals surface area contributed by atoms with E-state index in [4.69, 9.17) is 9.47 Å². The molecule has 1 atom stereocenters. The largest absolute Gasteiger partial charge is 0.463 e. The molecule has 0 radical (unpaired) electrons. The average molecular weight is 497 g/mol. The highest BCUT2D eigenvalue weighted by molar-refractivity contribution is 5.69. The summed E-state index contributed by atoms with van der Waals surface area (Å²) in [5.74, 6) is -0.0650. The van der Waals surface area contributed by atoms with Crippen molar-refractivity contribution in [3.05, 3.63) is 0 Å². The van der Waals surface area contributed by atoms with Crippen molar-refractivity contribution in [1.82, 2.24) is 0 Å². The standard InChI is InChI=1S/C31H60O4/c1-6-7-22-25-28(2)34-29(32)26-23-20-18-16-14-12-10-8-9-11-13-15-17-19-21-24-27-30(33)35-31(3,4)5/h28H,6-27H2,1-5H3. The van der Waals surface area contributed by atoms with Gasteiger partial charge in [-0.15, -0.1) is 0 Å². The van der Waals surface area contributed by atoms with E-state index in [9.17, 15) is 9.59 Å². The van der Waals surface area contributed by atoms with Crippen LogP contribution < -0.4 is 0 Å². The summed E-state index contributed by atoms with van der Waals surface area (Å²) in [7, 11) is 0. The van der Waals surface area contributed by atoms with Crippen molar-refractivity contribution >= 4 is 11.9 Å². The van der Waals surface area contributed by atoms with Crippen LogP contribution in [-0.2, 0) is 19.1 Å². The number of carbonyl (C=O) groups excluding carboxylic acids is 2. The Bertz CT molecular complexity index is 495. The Labute approximate surface area is 218 Å². The summed E-state index contributed by atoms with van der Waals surface area (Å²) in [6, 6.07) is 0. The highest BCUT2D eigenvalue weighted by Crippen LogP contribution is 2.16. The lowest BCUT2D eigenvalue weighted by molar-refractivity contribution is -0.155. The van der Waals surface area contributed by atoms with E-state index in [-0.39, 0.29) is 23.6 Å². The Balaban J connectivity index is 3.26. The molecule has 0 spiro atoms. The second-order valence-corrected chi connectivity index (χ2v) is 11.5. The third kappa shape index (κ3) is 27.4. The molecule has 0 fully saturated rings. The predicted molar refractivity (Wildman–Crippen MR) is 149 cm³/mol. The van der Waals surface area contributed by atoms with Crippen LogP contribution in [0.15, 0.2) is 0 Å². The molecule has 0 saturated heterocycles. The molecule has 0 aromatic rings. The van der Waals surface area contributed by atoms with Crippen molar-refractivity contribution in [3.8, 4) is 0 Å². The van der Waals surface area contributed by atoms with Gasteiger partial charge < -0.3 is 9.47 Å². The van der Waals surface area contributed by atoms with E-state index in [1.54, 1.807) is 0 Å². The maximum atomic E-state index is 11.9. The second-order valence-electron chi connectivity index (χ2n) is 11.5. The lowest BCUT2D eigenvalue weighted by atomic mass is 10.0. The SMILES string of the molecule is CCCCCC(C)OC(=O)CCCCCCCCCCCCCCCCCCC(=O)OC(C)(C)C. The van der Waals surface area contributed by atoms with Crippen LogP contribution in [-0.4, -0.2) is 23.6 Å². The Kier molecular flexibility index (Phi) is 22.6. The Morgan fingerprint density at radius 2 is 0.943 bits per heavy atom. The molecule has 0 aliphatic rings. The summed E-state index contributed by atoms with van der Waals surface area (Å²) < 4.78 is 10.8. The van der Waals surface area contributed by atoms with Crippen LogP contribution in [0.4, 0.5) is 0 Å². The Hall–Kier alpha value is -1.06. The van der Waals surface area contributed by atoms with Gasteiger partial charge in [-0.25, -0.2) is 0 Å². The molecule has 0 aromatic heterocycles. The van der Waals surface area contributed by atoms with E-state index in [1.165, 1.54) is 89.9 Å².